The number of nitrogens with zero attached hydrogens (tertiary/aromatic N) is 1. The zero-order valence-corrected chi connectivity index (χ0v) is 11.1. The van der Waals surface area contributed by atoms with Gasteiger partial charge in [0.05, 0.1) is 18.8 Å². The molecule has 96 valence electrons. The minimum Gasteiger partial charge on any atom is -0.378 e. The van der Waals surface area contributed by atoms with Crippen molar-refractivity contribution in [1.82, 2.24) is 4.90 Å². The molecule has 1 saturated heterocycles. The van der Waals surface area contributed by atoms with Crippen LogP contribution in [-0.4, -0.2) is 50.0 Å². The summed E-state index contributed by atoms with van der Waals surface area (Å²) in [6.45, 7) is 11.6. The molecule has 0 N–H and O–H groups in total. The van der Waals surface area contributed by atoms with Crippen molar-refractivity contribution in [2.24, 2.45) is 0 Å². The molecule has 1 rings (SSSR count). The fourth-order valence-electron chi connectivity index (χ4n) is 2.16. The molecule has 0 aromatic heterocycles. The summed E-state index contributed by atoms with van der Waals surface area (Å²) in [5, 5.41) is 0. The third-order valence-electron chi connectivity index (χ3n) is 3.21. The molecule has 0 spiro atoms. The van der Waals surface area contributed by atoms with E-state index in [0.29, 0.717) is 12.2 Å². The summed E-state index contributed by atoms with van der Waals surface area (Å²) < 4.78 is 11.3. The Kier molecular flexibility index (Phi) is 7.01. The second-order valence-electron chi connectivity index (χ2n) is 4.64. The Morgan fingerprint density at radius 1 is 1.38 bits per heavy atom. The summed E-state index contributed by atoms with van der Waals surface area (Å²) in [6, 6.07) is 0. The predicted molar refractivity (Wildman–Crippen MR) is 66.8 cm³/mol. The van der Waals surface area contributed by atoms with Crippen LogP contribution in [0.4, 0.5) is 0 Å². The van der Waals surface area contributed by atoms with Crippen LogP contribution < -0.4 is 0 Å². The van der Waals surface area contributed by atoms with Gasteiger partial charge in [-0.05, 0) is 26.2 Å². The lowest BCUT2D eigenvalue weighted by atomic mass is 10.2. The molecule has 3 heteroatoms. The van der Waals surface area contributed by atoms with Gasteiger partial charge in [-0.1, -0.05) is 13.8 Å². The smallest absolute Gasteiger partial charge is 0.0674 e. The molecular weight excluding hydrogens is 202 g/mol. The maximum Gasteiger partial charge on any atom is 0.0674 e. The van der Waals surface area contributed by atoms with Gasteiger partial charge in [0.25, 0.3) is 0 Å². The van der Waals surface area contributed by atoms with Gasteiger partial charge in [0.2, 0.25) is 0 Å². The van der Waals surface area contributed by atoms with Gasteiger partial charge >= 0.3 is 0 Å². The van der Waals surface area contributed by atoms with Gasteiger partial charge < -0.3 is 9.47 Å². The van der Waals surface area contributed by atoms with Crippen LogP contribution in [0.2, 0.25) is 0 Å². The molecule has 1 aliphatic rings. The third-order valence-corrected chi connectivity index (χ3v) is 3.21. The summed E-state index contributed by atoms with van der Waals surface area (Å²) in [7, 11) is 0. The first-order valence-corrected chi connectivity index (χ1v) is 6.71. The second kappa shape index (κ2) is 8.04. The van der Waals surface area contributed by atoms with Gasteiger partial charge in [0, 0.05) is 26.2 Å². The maximum atomic E-state index is 5.80. The SMILES string of the molecule is CCC(CC)OCCCN1CCO[C@H](C)C1. The van der Waals surface area contributed by atoms with E-state index < -0.39 is 0 Å². The number of morpholine rings is 1. The topological polar surface area (TPSA) is 21.7 Å². The normalized spacial score (nSPS) is 22.9. The van der Waals surface area contributed by atoms with Crippen LogP contribution in [0.1, 0.15) is 40.0 Å². The Bertz CT molecular complexity index is 171. The Hall–Kier alpha value is -0.120. The van der Waals surface area contributed by atoms with E-state index in [1.165, 1.54) is 0 Å². The summed E-state index contributed by atoms with van der Waals surface area (Å²) in [4.78, 5) is 2.48. The fraction of sp³-hybridized carbons (Fsp3) is 1.00. The first kappa shape index (κ1) is 13.9. The van der Waals surface area contributed by atoms with Crippen molar-refractivity contribution >= 4 is 0 Å². The van der Waals surface area contributed by atoms with E-state index in [2.05, 4.69) is 25.7 Å². The average Bonchev–Trinajstić information content (AvgIpc) is 2.29. The van der Waals surface area contributed by atoms with E-state index in [9.17, 15) is 0 Å². The Balaban J connectivity index is 2.02. The highest BCUT2D eigenvalue weighted by molar-refractivity contribution is 4.67. The first-order valence-electron chi connectivity index (χ1n) is 6.71. The van der Waals surface area contributed by atoms with E-state index in [-0.39, 0.29) is 0 Å². The average molecular weight is 229 g/mol. The molecule has 0 aromatic carbocycles. The van der Waals surface area contributed by atoms with Crippen LogP contribution in [0.5, 0.6) is 0 Å². The van der Waals surface area contributed by atoms with Gasteiger partial charge in [0.1, 0.15) is 0 Å². The van der Waals surface area contributed by atoms with Crippen LogP contribution >= 0.6 is 0 Å². The molecule has 0 bridgehead atoms. The minimum absolute atomic E-state index is 0.397. The number of rotatable bonds is 7. The quantitative estimate of drug-likeness (QED) is 0.625. The van der Waals surface area contributed by atoms with E-state index in [0.717, 1.165) is 52.1 Å². The lowest BCUT2D eigenvalue weighted by Crippen LogP contribution is -2.41. The van der Waals surface area contributed by atoms with Gasteiger partial charge in [-0.25, -0.2) is 0 Å². The predicted octanol–water partition coefficient (Wildman–Crippen LogP) is 2.30. The molecule has 16 heavy (non-hydrogen) atoms. The lowest BCUT2D eigenvalue weighted by Gasteiger charge is -2.31. The van der Waals surface area contributed by atoms with Gasteiger partial charge in [-0.15, -0.1) is 0 Å². The second-order valence-corrected chi connectivity index (χ2v) is 4.64. The van der Waals surface area contributed by atoms with Crippen LogP contribution in [-0.2, 0) is 9.47 Å². The van der Waals surface area contributed by atoms with Crippen molar-refractivity contribution in [1.29, 1.82) is 0 Å². The fourth-order valence-corrected chi connectivity index (χ4v) is 2.16. The molecule has 0 aromatic rings. The largest absolute Gasteiger partial charge is 0.378 e. The molecule has 1 atom stereocenters. The Morgan fingerprint density at radius 2 is 2.12 bits per heavy atom. The van der Waals surface area contributed by atoms with Crippen LogP contribution in [0.3, 0.4) is 0 Å². The minimum atomic E-state index is 0.397. The van der Waals surface area contributed by atoms with Crippen LogP contribution in [0.25, 0.3) is 0 Å². The summed E-state index contributed by atoms with van der Waals surface area (Å²) in [6.07, 6.45) is 4.26. The standard InChI is InChI=1S/C13H27NO2/c1-4-13(5-2)16-9-6-7-14-8-10-15-12(3)11-14/h12-13H,4-11H2,1-3H3/t12-/m1/s1. The number of ether oxygens (including phenoxy) is 2. The van der Waals surface area contributed by atoms with Crippen molar-refractivity contribution in [3.05, 3.63) is 0 Å². The highest BCUT2D eigenvalue weighted by Gasteiger charge is 2.15. The summed E-state index contributed by atoms with van der Waals surface area (Å²) in [5.41, 5.74) is 0. The summed E-state index contributed by atoms with van der Waals surface area (Å²) >= 11 is 0. The van der Waals surface area contributed by atoms with Gasteiger partial charge in [0.15, 0.2) is 0 Å². The van der Waals surface area contributed by atoms with Crippen molar-refractivity contribution < 1.29 is 9.47 Å². The molecular formula is C13H27NO2. The molecule has 3 nitrogen and oxygen atoms in total. The first-order chi connectivity index (χ1) is 7.76. The van der Waals surface area contributed by atoms with Crippen LogP contribution in [0, 0.1) is 0 Å². The van der Waals surface area contributed by atoms with E-state index in [1.54, 1.807) is 0 Å². The van der Waals surface area contributed by atoms with Gasteiger partial charge in [-0.2, -0.15) is 0 Å². The zero-order chi connectivity index (χ0) is 11.8. The maximum absolute atomic E-state index is 5.80. The van der Waals surface area contributed by atoms with Crippen molar-refractivity contribution in [3.8, 4) is 0 Å². The molecule has 0 aliphatic carbocycles. The van der Waals surface area contributed by atoms with Crippen LogP contribution in [0.15, 0.2) is 0 Å². The lowest BCUT2D eigenvalue weighted by molar-refractivity contribution is -0.0235. The molecule has 0 amide bonds. The van der Waals surface area contributed by atoms with Crippen molar-refractivity contribution in [2.45, 2.75) is 52.2 Å². The number of hydrogen-bond acceptors (Lipinski definition) is 3. The van der Waals surface area contributed by atoms with E-state index >= 15 is 0 Å². The monoisotopic (exact) mass is 229 g/mol. The highest BCUT2D eigenvalue weighted by Crippen LogP contribution is 2.06. The van der Waals surface area contributed by atoms with Gasteiger partial charge in [-0.3, -0.25) is 4.90 Å². The Morgan fingerprint density at radius 3 is 2.75 bits per heavy atom. The molecule has 1 heterocycles. The molecule has 0 unspecified atom stereocenters. The molecule has 1 fully saturated rings. The Labute approximate surface area is 100 Å². The van der Waals surface area contributed by atoms with E-state index in [1.807, 2.05) is 0 Å². The highest BCUT2D eigenvalue weighted by atomic mass is 16.5. The number of hydrogen-bond donors (Lipinski definition) is 0. The van der Waals surface area contributed by atoms with Crippen molar-refractivity contribution in [3.63, 3.8) is 0 Å². The molecule has 0 radical (unpaired) electrons. The molecule has 1 aliphatic heterocycles. The van der Waals surface area contributed by atoms with Crippen molar-refractivity contribution in [2.75, 3.05) is 32.8 Å². The third kappa shape index (κ3) is 5.28. The zero-order valence-electron chi connectivity index (χ0n) is 11.1. The molecule has 0 saturated carbocycles. The van der Waals surface area contributed by atoms with E-state index in [4.69, 9.17) is 9.47 Å². The summed E-state index contributed by atoms with van der Waals surface area (Å²) in [5.74, 6) is 0.